The number of rotatable bonds is 4. The van der Waals surface area contributed by atoms with Gasteiger partial charge in [0.25, 0.3) is 0 Å². The fraction of sp³-hybridized carbons (Fsp3) is 0.571. The van der Waals surface area contributed by atoms with E-state index in [1.54, 1.807) is 12.1 Å². The second-order valence-corrected chi connectivity index (χ2v) is 5.31. The molecule has 0 radical (unpaired) electrons. The van der Waals surface area contributed by atoms with Crippen LogP contribution in [0, 0.1) is 11.7 Å². The van der Waals surface area contributed by atoms with Crippen LogP contribution in [0.3, 0.4) is 0 Å². The van der Waals surface area contributed by atoms with E-state index in [0.29, 0.717) is 16.5 Å². The zero-order valence-electron chi connectivity index (χ0n) is 10.2. The van der Waals surface area contributed by atoms with E-state index < -0.39 is 0 Å². The van der Waals surface area contributed by atoms with Crippen LogP contribution in [0.2, 0.25) is 5.02 Å². The van der Waals surface area contributed by atoms with Gasteiger partial charge in [-0.3, -0.25) is 0 Å². The molecule has 0 spiro atoms. The van der Waals surface area contributed by atoms with E-state index in [4.69, 9.17) is 21.4 Å². The topological polar surface area (TPSA) is 29.5 Å². The Morgan fingerprint density at radius 1 is 1.28 bits per heavy atom. The van der Waals surface area contributed by atoms with Gasteiger partial charge < -0.3 is 9.84 Å². The van der Waals surface area contributed by atoms with E-state index in [0.717, 1.165) is 25.7 Å². The molecule has 1 aliphatic rings. The summed E-state index contributed by atoms with van der Waals surface area (Å²) < 4.78 is 19.2. The second kappa shape index (κ2) is 6.50. The molecule has 2 nitrogen and oxygen atoms in total. The number of benzene rings is 1. The fourth-order valence-corrected chi connectivity index (χ4v) is 2.49. The van der Waals surface area contributed by atoms with Crippen molar-refractivity contribution in [3.05, 3.63) is 34.6 Å². The van der Waals surface area contributed by atoms with Crippen LogP contribution in [-0.2, 0) is 11.3 Å². The third-order valence-corrected chi connectivity index (χ3v) is 3.78. The smallest absolute Gasteiger partial charge is 0.130 e. The van der Waals surface area contributed by atoms with E-state index in [-0.39, 0.29) is 25.1 Å². The molecular weight excluding hydrogens is 255 g/mol. The van der Waals surface area contributed by atoms with Gasteiger partial charge in [-0.1, -0.05) is 17.7 Å². The van der Waals surface area contributed by atoms with Gasteiger partial charge in [-0.2, -0.15) is 0 Å². The first kappa shape index (κ1) is 13.8. The lowest BCUT2D eigenvalue weighted by molar-refractivity contribution is 0.000154. The highest BCUT2D eigenvalue weighted by atomic mass is 35.5. The van der Waals surface area contributed by atoms with Crippen LogP contribution in [0.1, 0.15) is 31.2 Å². The van der Waals surface area contributed by atoms with E-state index >= 15 is 0 Å². The Bertz CT molecular complexity index is 389. The Hall–Kier alpha value is -0.640. The summed E-state index contributed by atoms with van der Waals surface area (Å²) in [7, 11) is 0. The highest BCUT2D eigenvalue weighted by Crippen LogP contribution is 2.26. The molecular formula is C14H18ClFO2. The lowest BCUT2D eigenvalue weighted by Crippen LogP contribution is -2.23. The Morgan fingerprint density at radius 2 is 2.00 bits per heavy atom. The Morgan fingerprint density at radius 3 is 2.61 bits per heavy atom. The molecule has 0 aliphatic heterocycles. The highest BCUT2D eigenvalue weighted by Gasteiger charge is 2.21. The molecule has 0 aromatic heterocycles. The SMILES string of the molecule is OCC1CCC(OCc2ccc(Cl)cc2F)CC1. The van der Waals surface area contributed by atoms with Gasteiger partial charge in [-0.05, 0) is 43.7 Å². The molecule has 0 atom stereocenters. The summed E-state index contributed by atoms with van der Waals surface area (Å²) in [4.78, 5) is 0. The van der Waals surface area contributed by atoms with Crippen LogP contribution in [-0.4, -0.2) is 17.8 Å². The summed E-state index contributed by atoms with van der Waals surface area (Å²) in [6.07, 6.45) is 4.05. The Labute approximate surface area is 112 Å². The average molecular weight is 273 g/mol. The molecule has 18 heavy (non-hydrogen) atoms. The average Bonchev–Trinajstić information content (AvgIpc) is 2.38. The Balaban J connectivity index is 1.81. The zero-order valence-corrected chi connectivity index (χ0v) is 11.0. The molecule has 100 valence electrons. The third kappa shape index (κ3) is 3.67. The first-order valence-electron chi connectivity index (χ1n) is 6.35. The maximum atomic E-state index is 13.5. The van der Waals surface area contributed by atoms with E-state index in [2.05, 4.69) is 0 Å². The highest BCUT2D eigenvalue weighted by molar-refractivity contribution is 6.30. The number of hydrogen-bond acceptors (Lipinski definition) is 2. The van der Waals surface area contributed by atoms with Crippen molar-refractivity contribution in [3.8, 4) is 0 Å². The van der Waals surface area contributed by atoms with Crippen LogP contribution >= 0.6 is 11.6 Å². The number of ether oxygens (including phenoxy) is 1. The van der Waals surface area contributed by atoms with Gasteiger partial charge in [0.1, 0.15) is 5.82 Å². The summed E-state index contributed by atoms with van der Waals surface area (Å²) >= 11 is 5.69. The predicted molar refractivity (Wildman–Crippen MR) is 69.0 cm³/mol. The van der Waals surface area contributed by atoms with Gasteiger partial charge in [0, 0.05) is 17.2 Å². The van der Waals surface area contributed by atoms with Gasteiger partial charge in [0.15, 0.2) is 0 Å². The summed E-state index contributed by atoms with van der Waals surface area (Å²) in [5.41, 5.74) is 0.545. The molecule has 4 heteroatoms. The van der Waals surface area contributed by atoms with Crippen molar-refractivity contribution < 1.29 is 14.2 Å². The molecule has 1 fully saturated rings. The van der Waals surface area contributed by atoms with E-state index in [1.807, 2.05) is 0 Å². The number of aliphatic hydroxyl groups is 1. The lowest BCUT2D eigenvalue weighted by atomic mass is 9.88. The monoisotopic (exact) mass is 272 g/mol. The first-order valence-corrected chi connectivity index (χ1v) is 6.73. The van der Waals surface area contributed by atoms with Crippen molar-refractivity contribution in [1.29, 1.82) is 0 Å². The van der Waals surface area contributed by atoms with Crippen LogP contribution in [0.5, 0.6) is 0 Å². The summed E-state index contributed by atoms with van der Waals surface area (Å²) in [5, 5.41) is 9.45. The van der Waals surface area contributed by atoms with Crippen molar-refractivity contribution in [2.75, 3.05) is 6.61 Å². The molecule has 0 bridgehead atoms. The van der Waals surface area contributed by atoms with Gasteiger partial charge >= 0.3 is 0 Å². The molecule has 1 aliphatic carbocycles. The molecule has 1 saturated carbocycles. The van der Waals surface area contributed by atoms with Crippen LogP contribution in [0.25, 0.3) is 0 Å². The minimum Gasteiger partial charge on any atom is -0.396 e. The number of halogens is 2. The second-order valence-electron chi connectivity index (χ2n) is 4.87. The maximum Gasteiger partial charge on any atom is 0.130 e. The van der Waals surface area contributed by atoms with Crippen LogP contribution in [0.4, 0.5) is 4.39 Å². The largest absolute Gasteiger partial charge is 0.396 e. The summed E-state index contributed by atoms with van der Waals surface area (Å²) in [6, 6.07) is 4.64. The maximum absolute atomic E-state index is 13.5. The fourth-order valence-electron chi connectivity index (χ4n) is 2.33. The zero-order chi connectivity index (χ0) is 13.0. The third-order valence-electron chi connectivity index (χ3n) is 3.54. The van der Waals surface area contributed by atoms with Gasteiger partial charge in [0.2, 0.25) is 0 Å². The van der Waals surface area contributed by atoms with Gasteiger partial charge in [0.05, 0.1) is 12.7 Å². The van der Waals surface area contributed by atoms with E-state index in [1.165, 1.54) is 6.07 Å². The van der Waals surface area contributed by atoms with Crippen molar-refractivity contribution in [2.24, 2.45) is 5.92 Å². The quantitative estimate of drug-likeness (QED) is 0.908. The van der Waals surface area contributed by atoms with Gasteiger partial charge in [-0.25, -0.2) is 4.39 Å². The molecule has 0 saturated heterocycles. The normalized spacial score (nSPS) is 24.2. The minimum atomic E-state index is -0.313. The summed E-state index contributed by atoms with van der Waals surface area (Å²) in [6.45, 7) is 0.552. The predicted octanol–water partition coefficient (Wildman–Crippen LogP) is 3.55. The number of hydrogen-bond donors (Lipinski definition) is 1. The molecule has 0 unspecified atom stereocenters. The van der Waals surface area contributed by atoms with E-state index in [9.17, 15) is 4.39 Å². The Kier molecular flexibility index (Phi) is 4.98. The van der Waals surface area contributed by atoms with Crippen molar-refractivity contribution in [2.45, 2.75) is 38.4 Å². The van der Waals surface area contributed by atoms with Crippen LogP contribution in [0.15, 0.2) is 18.2 Å². The first-order chi connectivity index (χ1) is 8.69. The molecule has 1 aromatic carbocycles. The lowest BCUT2D eigenvalue weighted by Gasteiger charge is -2.27. The molecule has 2 rings (SSSR count). The number of aliphatic hydroxyl groups excluding tert-OH is 1. The van der Waals surface area contributed by atoms with Gasteiger partial charge in [-0.15, -0.1) is 0 Å². The summed E-state index contributed by atoms with van der Waals surface area (Å²) in [5.74, 6) is 0.101. The standard InChI is InChI=1S/C14H18ClFO2/c15-12-4-3-11(14(16)7-12)9-18-13-5-1-10(8-17)2-6-13/h3-4,7,10,13,17H,1-2,5-6,8-9H2. The molecule has 1 N–H and O–H groups in total. The van der Waals surface area contributed by atoms with Crippen molar-refractivity contribution in [1.82, 2.24) is 0 Å². The molecule has 0 heterocycles. The van der Waals surface area contributed by atoms with Crippen LogP contribution < -0.4 is 0 Å². The van der Waals surface area contributed by atoms with Crippen molar-refractivity contribution in [3.63, 3.8) is 0 Å². The molecule has 0 amide bonds. The van der Waals surface area contributed by atoms with Crippen molar-refractivity contribution >= 4 is 11.6 Å². The minimum absolute atomic E-state index is 0.183. The molecule has 1 aromatic rings.